The Kier molecular flexibility index (Phi) is 5.29. The topological polar surface area (TPSA) is 50.4 Å². The van der Waals surface area contributed by atoms with Crippen molar-refractivity contribution in [3.05, 3.63) is 29.8 Å². The van der Waals surface area contributed by atoms with E-state index < -0.39 is 6.61 Å². The van der Waals surface area contributed by atoms with Gasteiger partial charge in [0, 0.05) is 12.6 Å². The predicted octanol–water partition coefficient (Wildman–Crippen LogP) is 1.70. The maximum Gasteiger partial charge on any atom is 0.387 e. The van der Waals surface area contributed by atoms with Crippen LogP contribution in [0.25, 0.3) is 0 Å². The molecule has 110 valence electrons. The van der Waals surface area contributed by atoms with E-state index in [1.165, 1.54) is 12.1 Å². The molecule has 2 rings (SSSR count). The Morgan fingerprint density at radius 3 is 2.75 bits per heavy atom. The summed E-state index contributed by atoms with van der Waals surface area (Å²) in [4.78, 5) is 11.9. The summed E-state index contributed by atoms with van der Waals surface area (Å²) in [5, 5.41) is 6.19. The SMILES string of the molecule is O=C(Cc1ccc(OC(F)F)cc1)N[C@H]1CCCNC1. The van der Waals surface area contributed by atoms with Crippen LogP contribution in [0.15, 0.2) is 24.3 Å². The van der Waals surface area contributed by atoms with Crippen LogP contribution in [0.4, 0.5) is 8.78 Å². The van der Waals surface area contributed by atoms with E-state index in [9.17, 15) is 13.6 Å². The van der Waals surface area contributed by atoms with Gasteiger partial charge in [0.15, 0.2) is 0 Å². The van der Waals surface area contributed by atoms with E-state index in [1.54, 1.807) is 12.1 Å². The summed E-state index contributed by atoms with van der Waals surface area (Å²) in [6, 6.07) is 6.30. The summed E-state index contributed by atoms with van der Waals surface area (Å²) in [6.45, 7) is -1.03. The molecule has 6 heteroatoms. The van der Waals surface area contributed by atoms with Crippen LogP contribution in [-0.4, -0.2) is 31.7 Å². The second kappa shape index (κ2) is 7.19. The summed E-state index contributed by atoms with van der Waals surface area (Å²) in [5.41, 5.74) is 0.771. The number of nitrogens with one attached hydrogen (secondary N) is 2. The number of alkyl halides is 2. The fraction of sp³-hybridized carbons (Fsp3) is 0.500. The van der Waals surface area contributed by atoms with Gasteiger partial charge in [0.2, 0.25) is 5.91 Å². The molecule has 1 saturated heterocycles. The highest BCUT2D eigenvalue weighted by Crippen LogP contribution is 2.15. The van der Waals surface area contributed by atoms with Gasteiger partial charge in [-0.25, -0.2) is 0 Å². The Hall–Kier alpha value is -1.69. The second-order valence-corrected chi connectivity index (χ2v) is 4.81. The molecule has 20 heavy (non-hydrogen) atoms. The number of carbonyl (C=O) groups excluding carboxylic acids is 1. The molecular weight excluding hydrogens is 266 g/mol. The Bertz CT molecular complexity index is 431. The summed E-state index contributed by atoms with van der Waals surface area (Å²) >= 11 is 0. The van der Waals surface area contributed by atoms with Gasteiger partial charge in [-0.05, 0) is 37.1 Å². The van der Waals surface area contributed by atoms with Crippen molar-refractivity contribution < 1.29 is 18.3 Å². The molecule has 0 aliphatic carbocycles. The Morgan fingerprint density at radius 2 is 2.15 bits per heavy atom. The normalized spacial score (nSPS) is 18.9. The van der Waals surface area contributed by atoms with Gasteiger partial charge in [0.1, 0.15) is 5.75 Å². The van der Waals surface area contributed by atoms with Crippen molar-refractivity contribution in [1.29, 1.82) is 0 Å². The molecule has 1 atom stereocenters. The molecule has 1 aromatic carbocycles. The largest absolute Gasteiger partial charge is 0.435 e. The second-order valence-electron chi connectivity index (χ2n) is 4.81. The third kappa shape index (κ3) is 4.77. The van der Waals surface area contributed by atoms with Gasteiger partial charge in [-0.2, -0.15) is 8.78 Å². The van der Waals surface area contributed by atoms with E-state index in [0.29, 0.717) is 0 Å². The Morgan fingerprint density at radius 1 is 1.40 bits per heavy atom. The number of hydrogen-bond acceptors (Lipinski definition) is 3. The predicted molar refractivity (Wildman–Crippen MR) is 70.8 cm³/mol. The van der Waals surface area contributed by atoms with Crippen LogP contribution >= 0.6 is 0 Å². The summed E-state index contributed by atoms with van der Waals surface area (Å²) in [5.74, 6) is 0.0434. The van der Waals surface area contributed by atoms with Crippen molar-refractivity contribution in [1.82, 2.24) is 10.6 Å². The molecule has 1 aliphatic rings. The number of carbonyl (C=O) groups is 1. The molecule has 0 bridgehead atoms. The molecule has 1 heterocycles. The molecule has 2 N–H and O–H groups in total. The molecule has 1 aromatic rings. The van der Waals surface area contributed by atoms with Crippen molar-refractivity contribution >= 4 is 5.91 Å². The number of amides is 1. The lowest BCUT2D eigenvalue weighted by Gasteiger charge is -2.23. The number of ether oxygens (including phenoxy) is 1. The van der Waals surface area contributed by atoms with Crippen LogP contribution < -0.4 is 15.4 Å². The van der Waals surface area contributed by atoms with Crippen LogP contribution in [-0.2, 0) is 11.2 Å². The molecule has 0 saturated carbocycles. The van der Waals surface area contributed by atoms with Crippen molar-refractivity contribution in [2.75, 3.05) is 13.1 Å². The highest BCUT2D eigenvalue weighted by molar-refractivity contribution is 5.78. The maximum atomic E-state index is 12.0. The van der Waals surface area contributed by atoms with Crippen LogP contribution in [0, 0.1) is 0 Å². The zero-order valence-electron chi connectivity index (χ0n) is 11.1. The molecule has 0 unspecified atom stereocenters. The molecule has 0 spiro atoms. The lowest BCUT2D eigenvalue weighted by atomic mass is 10.1. The maximum absolute atomic E-state index is 12.0. The Labute approximate surface area is 116 Å². The van der Waals surface area contributed by atoms with Crippen molar-refractivity contribution in [2.24, 2.45) is 0 Å². The lowest BCUT2D eigenvalue weighted by Crippen LogP contribution is -2.46. The molecule has 1 amide bonds. The average molecular weight is 284 g/mol. The number of rotatable bonds is 5. The van der Waals surface area contributed by atoms with E-state index in [1.807, 2.05) is 0 Å². The monoisotopic (exact) mass is 284 g/mol. The van der Waals surface area contributed by atoms with Gasteiger partial charge in [0.25, 0.3) is 0 Å². The van der Waals surface area contributed by atoms with Gasteiger partial charge in [-0.3, -0.25) is 4.79 Å². The zero-order chi connectivity index (χ0) is 14.4. The van der Waals surface area contributed by atoms with E-state index in [-0.39, 0.29) is 24.1 Å². The van der Waals surface area contributed by atoms with Gasteiger partial charge in [0.05, 0.1) is 6.42 Å². The summed E-state index contributed by atoms with van der Waals surface area (Å²) < 4.78 is 28.3. The number of piperidine rings is 1. The third-order valence-electron chi connectivity index (χ3n) is 3.18. The quantitative estimate of drug-likeness (QED) is 0.865. The minimum Gasteiger partial charge on any atom is -0.435 e. The van der Waals surface area contributed by atoms with Crippen molar-refractivity contribution in [2.45, 2.75) is 31.9 Å². The minimum atomic E-state index is -2.83. The van der Waals surface area contributed by atoms with Crippen LogP contribution in [0.2, 0.25) is 0 Å². The number of halogens is 2. The molecular formula is C14H18F2N2O2. The fourth-order valence-corrected chi connectivity index (χ4v) is 2.23. The standard InChI is InChI=1S/C14H18F2N2O2/c15-14(16)20-12-5-3-10(4-6-12)8-13(19)18-11-2-1-7-17-9-11/h3-6,11,14,17H,1-2,7-9H2,(H,18,19)/t11-/m0/s1. The van der Waals surface area contributed by atoms with E-state index in [2.05, 4.69) is 15.4 Å². The molecule has 0 aromatic heterocycles. The van der Waals surface area contributed by atoms with Crippen LogP contribution in [0.3, 0.4) is 0 Å². The first-order valence-electron chi connectivity index (χ1n) is 6.67. The van der Waals surface area contributed by atoms with Crippen molar-refractivity contribution in [3.63, 3.8) is 0 Å². The van der Waals surface area contributed by atoms with Crippen LogP contribution in [0.1, 0.15) is 18.4 Å². The lowest BCUT2D eigenvalue weighted by molar-refractivity contribution is -0.121. The summed E-state index contributed by atoms with van der Waals surface area (Å²) in [7, 11) is 0. The fourth-order valence-electron chi connectivity index (χ4n) is 2.23. The van der Waals surface area contributed by atoms with Crippen molar-refractivity contribution in [3.8, 4) is 5.75 Å². The number of benzene rings is 1. The van der Waals surface area contributed by atoms with Gasteiger partial charge < -0.3 is 15.4 Å². The summed E-state index contributed by atoms with van der Waals surface area (Å²) in [6.07, 6.45) is 2.29. The highest BCUT2D eigenvalue weighted by Gasteiger charge is 2.15. The molecule has 0 radical (unpaired) electrons. The highest BCUT2D eigenvalue weighted by atomic mass is 19.3. The van der Waals surface area contributed by atoms with Gasteiger partial charge in [-0.15, -0.1) is 0 Å². The first-order valence-corrected chi connectivity index (χ1v) is 6.67. The molecule has 1 fully saturated rings. The third-order valence-corrected chi connectivity index (χ3v) is 3.18. The molecule has 1 aliphatic heterocycles. The minimum absolute atomic E-state index is 0.0544. The zero-order valence-corrected chi connectivity index (χ0v) is 11.1. The van der Waals surface area contributed by atoms with Crippen LogP contribution in [0.5, 0.6) is 5.75 Å². The average Bonchev–Trinajstić information content (AvgIpc) is 2.41. The van der Waals surface area contributed by atoms with E-state index in [4.69, 9.17) is 0 Å². The first kappa shape index (κ1) is 14.7. The van der Waals surface area contributed by atoms with Gasteiger partial charge in [-0.1, -0.05) is 12.1 Å². The van der Waals surface area contributed by atoms with E-state index >= 15 is 0 Å². The first-order chi connectivity index (χ1) is 9.63. The van der Waals surface area contributed by atoms with E-state index in [0.717, 1.165) is 31.5 Å². The Balaban J connectivity index is 1.81. The molecule has 4 nitrogen and oxygen atoms in total. The smallest absolute Gasteiger partial charge is 0.387 e. The van der Waals surface area contributed by atoms with Gasteiger partial charge >= 0.3 is 6.61 Å². The number of hydrogen-bond donors (Lipinski definition) is 2.